The van der Waals surface area contributed by atoms with Gasteiger partial charge in [-0.1, -0.05) is 0 Å². The molecule has 3 heterocycles. The number of hydrogen-bond acceptors (Lipinski definition) is 7. The second-order valence-corrected chi connectivity index (χ2v) is 8.27. The molecule has 1 aliphatic heterocycles. The first-order chi connectivity index (χ1) is 15.9. The van der Waals surface area contributed by atoms with Gasteiger partial charge in [0.15, 0.2) is 0 Å². The minimum atomic E-state index is -1.13. The number of aromatic nitrogens is 4. The summed E-state index contributed by atoms with van der Waals surface area (Å²) in [4.78, 5) is 26.6. The first-order valence-electron chi connectivity index (χ1n) is 11.0. The predicted molar refractivity (Wildman–Crippen MR) is 124 cm³/mol. The smallest absolute Gasteiger partial charge is 0.343 e. The molecule has 1 fully saturated rings. The highest BCUT2D eigenvalue weighted by molar-refractivity contribution is 5.98. The average Bonchev–Trinajstić information content (AvgIpc) is 3.23. The number of likely N-dealkylation sites (N-methyl/N-ethyl adjacent to an activating group) is 1. The number of nitrogens with two attached hydrogens (primary N) is 1. The molecule has 0 bridgehead atoms. The van der Waals surface area contributed by atoms with Crippen LogP contribution in [0.15, 0.2) is 30.7 Å². The van der Waals surface area contributed by atoms with Crippen molar-refractivity contribution in [1.29, 1.82) is 0 Å². The molecular formula is C23H28FN7O2. The first-order valence-corrected chi connectivity index (χ1v) is 11.0. The molecule has 3 aromatic rings. The van der Waals surface area contributed by atoms with Gasteiger partial charge in [0.1, 0.15) is 35.2 Å². The summed E-state index contributed by atoms with van der Waals surface area (Å²) < 4.78 is 15.9. The van der Waals surface area contributed by atoms with E-state index in [9.17, 15) is 14.3 Å². The Morgan fingerprint density at radius 2 is 2.06 bits per heavy atom. The number of aryl methyl sites for hydroxylation is 1. The number of imidazole rings is 1. The molecule has 9 nitrogen and oxygen atoms in total. The van der Waals surface area contributed by atoms with Gasteiger partial charge in [0.05, 0.1) is 5.69 Å². The van der Waals surface area contributed by atoms with Gasteiger partial charge in [0.25, 0.3) is 0 Å². The Balaban J connectivity index is 1.57. The van der Waals surface area contributed by atoms with Gasteiger partial charge in [-0.15, -0.1) is 0 Å². The van der Waals surface area contributed by atoms with Crippen LogP contribution in [0.4, 0.5) is 16.0 Å². The third-order valence-corrected chi connectivity index (χ3v) is 6.09. The SMILES string of the molecule is CNCCn1cc(-c2ccc(F)c(C)c2)nc1C1CCN(c2ncnc(N)c2C(=O)O)CC1. The molecule has 1 saturated heterocycles. The summed E-state index contributed by atoms with van der Waals surface area (Å²) in [6.45, 7) is 4.58. The van der Waals surface area contributed by atoms with E-state index in [-0.39, 0.29) is 23.1 Å². The highest BCUT2D eigenvalue weighted by Crippen LogP contribution is 2.33. The van der Waals surface area contributed by atoms with Crippen molar-refractivity contribution < 1.29 is 14.3 Å². The van der Waals surface area contributed by atoms with Crippen LogP contribution in [0.25, 0.3) is 11.3 Å². The van der Waals surface area contributed by atoms with Crippen LogP contribution < -0.4 is 16.0 Å². The molecule has 0 spiro atoms. The molecule has 0 amide bonds. The molecule has 2 aromatic heterocycles. The third kappa shape index (κ3) is 4.65. The van der Waals surface area contributed by atoms with Gasteiger partial charge in [-0.2, -0.15) is 0 Å². The maximum atomic E-state index is 13.7. The van der Waals surface area contributed by atoms with E-state index >= 15 is 0 Å². The molecule has 4 rings (SSSR count). The number of halogens is 1. The van der Waals surface area contributed by atoms with E-state index in [0.29, 0.717) is 24.5 Å². The summed E-state index contributed by atoms with van der Waals surface area (Å²) in [5.74, 6) is 0.161. The zero-order chi connectivity index (χ0) is 23.5. The van der Waals surface area contributed by atoms with E-state index in [1.165, 1.54) is 12.4 Å². The maximum Gasteiger partial charge on any atom is 0.343 e. The molecule has 0 saturated carbocycles. The monoisotopic (exact) mass is 453 g/mol. The molecule has 174 valence electrons. The summed E-state index contributed by atoms with van der Waals surface area (Å²) in [6.07, 6.45) is 4.91. The largest absolute Gasteiger partial charge is 0.477 e. The molecule has 1 aliphatic rings. The van der Waals surface area contributed by atoms with Crippen LogP contribution >= 0.6 is 0 Å². The Kier molecular flexibility index (Phi) is 6.55. The van der Waals surface area contributed by atoms with E-state index in [4.69, 9.17) is 10.7 Å². The van der Waals surface area contributed by atoms with Crippen molar-refractivity contribution in [2.75, 3.05) is 37.3 Å². The zero-order valence-corrected chi connectivity index (χ0v) is 18.8. The molecule has 0 atom stereocenters. The van der Waals surface area contributed by atoms with Gasteiger partial charge in [0, 0.05) is 43.9 Å². The lowest BCUT2D eigenvalue weighted by atomic mass is 9.95. The number of carbonyl (C=O) groups is 1. The minimum Gasteiger partial charge on any atom is -0.477 e. The highest BCUT2D eigenvalue weighted by atomic mass is 19.1. The minimum absolute atomic E-state index is 0.0311. The topological polar surface area (TPSA) is 122 Å². The average molecular weight is 454 g/mol. The Morgan fingerprint density at radius 3 is 2.73 bits per heavy atom. The van der Waals surface area contributed by atoms with Gasteiger partial charge in [-0.05, 0) is 50.6 Å². The van der Waals surface area contributed by atoms with Gasteiger partial charge in [0.2, 0.25) is 0 Å². The summed E-state index contributed by atoms with van der Waals surface area (Å²) in [5.41, 5.74) is 8.03. The number of carboxylic acids is 1. The van der Waals surface area contributed by atoms with Crippen molar-refractivity contribution in [3.63, 3.8) is 0 Å². The van der Waals surface area contributed by atoms with Gasteiger partial charge >= 0.3 is 5.97 Å². The number of rotatable bonds is 7. The molecular weight excluding hydrogens is 425 g/mol. The summed E-state index contributed by atoms with van der Waals surface area (Å²) >= 11 is 0. The van der Waals surface area contributed by atoms with Crippen LogP contribution in [0.1, 0.15) is 40.5 Å². The van der Waals surface area contributed by atoms with Crippen molar-refractivity contribution in [1.82, 2.24) is 24.8 Å². The number of aromatic carboxylic acids is 1. The quantitative estimate of drug-likeness (QED) is 0.499. The molecule has 10 heteroatoms. The van der Waals surface area contributed by atoms with Crippen molar-refractivity contribution in [3.8, 4) is 11.3 Å². The first kappa shape index (κ1) is 22.7. The number of nitrogen functional groups attached to an aromatic ring is 1. The van der Waals surface area contributed by atoms with Crippen molar-refractivity contribution in [2.24, 2.45) is 0 Å². The van der Waals surface area contributed by atoms with E-state index in [2.05, 4.69) is 19.9 Å². The lowest BCUT2D eigenvalue weighted by Gasteiger charge is -2.33. The Bertz CT molecular complexity index is 1160. The summed E-state index contributed by atoms with van der Waals surface area (Å²) in [5, 5.41) is 12.7. The van der Waals surface area contributed by atoms with E-state index in [1.807, 2.05) is 24.2 Å². The van der Waals surface area contributed by atoms with Crippen LogP contribution in [0, 0.1) is 12.7 Å². The zero-order valence-electron chi connectivity index (χ0n) is 18.8. The van der Waals surface area contributed by atoms with Crippen LogP contribution in [-0.4, -0.2) is 57.3 Å². The summed E-state index contributed by atoms with van der Waals surface area (Å²) in [7, 11) is 1.91. The lowest BCUT2D eigenvalue weighted by molar-refractivity contribution is 0.0698. The Morgan fingerprint density at radius 1 is 1.30 bits per heavy atom. The van der Waals surface area contributed by atoms with E-state index < -0.39 is 5.97 Å². The van der Waals surface area contributed by atoms with Gasteiger partial charge in [-0.25, -0.2) is 24.1 Å². The number of anilines is 2. The highest BCUT2D eigenvalue weighted by Gasteiger charge is 2.29. The fourth-order valence-corrected chi connectivity index (χ4v) is 4.29. The molecule has 33 heavy (non-hydrogen) atoms. The van der Waals surface area contributed by atoms with E-state index in [1.54, 1.807) is 13.0 Å². The number of nitrogens with one attached hydrogen (secondary N) is 1. The predicted octanol–water partition coefficient (Wildman–Crippen LogP) is 2.67. The number of benzene rings is 1. The molecule has 0 radical (unpaired) electrons. The lowest BCUT2D eigenvalue weighted by Crippen LogP contribution is -2.35. The van der Waals surface area contributed by atoms with E-state index in [0.717, 1.165) is 43.0 Å². The molecule has 4 N–H and O–H groups in total. The van der Waals surface area contributed by atoms with Crippen LogP contribution in [-0.2, 0) is 6.54 Å². The van der Waals surface area contributed by atoms with Crippen molar-refractivity contribution in [3.05, 3.63) is 53.5 Å². The molecule has 0 unspecified atom stereocenters. The van der Waals surface area contributed by atoms with Gasteiger partial charge in [-0.3, -0.25) is 0 Å². The normalized spacial score (nSPS) is 14.6. The third-order valence-electron chi connectivity index (χ3n) is 6.09. The van der Waals surface area contributed by atoms with Crippen LogP contribution in [0.5, 0.6) is 0 Å². The number of hydrogen-bond donors (Lipinski definition) is 3. The number of carboxylic acid groups (broad SMARTS) is 1. The fourth-order valence-electron chi connectivity index (χ4n) is 4.29. The summed E-state index contributed by atoms with van der Waals surface area (Å²) in [6, 6.07) is 5.05. The molecule has 1 aromatic carbocycles. The van der Waals surface area contributed by atoms with Crippen LogP contribution in [0.3, 0.4) is 0 Å². The Labute approximate surface area is 191 Å². The fraction of sp³-hybridized carbons (Fsp3) is 0.391. The van der Waals surface area contributed by atoms with Crippen LogP contribution in [0.2, 0.25) is 0 Å². The molecule has 0 aliphatic carbocycles. The second kappa shape index (κ2) is 9.53. The van der Waals surface area contributed by atoms with Gasteiger partial charge < -0.3 is 25.6 Å². The maximum absolute atomic E-state index is 13.7. The van der Waals surface area contributed by atoms with Crippen molar-refractivity contribution in [2.45, 2.75) is 32.2 Å². The second-order valence-electron chi connectivity index (χ2n) is 8.27. The standard InChI is InChI=1S/C23H28FN7O2/c1-14-11-16(3-4-17(14)24)18-12-31(10-7-26-2)21(29-18)15-5-8-30(9-6-15)22-19(23(32)33)20(25)27-13-28-22/h3-4,11-13,15,26H,5-10H2,1-2H3,(H,32,33)(H2,25,27,28). The Hall–Kier alpha value is -3.53. The van der Waals surface area contributed by atoms with Crippen molar-refractivity contribution >= 4 is 17.6 Å². The number of nitrogens with zero attached hydrogens (tertiary/aromatic N) is 5. The number of piperidine rings is 1.